The van der Waals surface area contributed by atoms with Crippen LogP contribution in [0.2, 0.25) is 0 Å². The topological polar surface area (TPSA) is 74.4 Å². The number of methoxy groups -OCH3 is 1. The zero-order valence-electron chi connectivity index (χ0n) is 18.8. The maximum absolute atomic E-state index is 14.0. The van der Waals surface area contributed by atoms with Crippen LogP contribution in [0.4, 0.5) is 0 Å². The summed E-state index contributed by atoms with van der Waals surface area (Å²) in [5.74, 6) is 0.836. The van der Waals surface area contributed by atoms with Crippen molar-refractivity contribution >= 4 is 22.7 Å². The number of fused-ring (bicyclic) bond motifs is 1. The summed E-state index contributed by atoms with van der Waals surface area (Å²) in [6, 6.07) is 13.6. The zero-order chi connectivity index (χ0) is 22.5. The van der Waals surface area contributed by atoms with Gasteiger partial charge in [-0.2, -0.15) is 0 Å². The summed E-state index contributed by atoms with van der Waals surface area (Å²) < 4.78 is 5.34. The van der Waals surface area contributed by atoms with Gasteiger partial charge in [0.05, 0.1) is 29.8 Å². The molecule has 32 heavy (non-hydrogen) atoms. The fourth-order valence-corrected chi connectivity index (χ4v) is 5.58. The van der Waals surface area contributed by atoms with Gasteiger partial charge in [0.25, 0.3) is 5.91 Å². The molecule has 2 atom stereocenters. The van der Waals surface area contributed by atoms with E-state index in [4.69, 9.17) is 4.74 Å². The highest BCUT2D eigenvalue weighted by molar-refractivity contribution is 6.07. The molecule has 1 spiro atoms. The normalized spacial score (nSPS) is 23.0. The van der Waals surface area contributed by atoms with Crippen LogP contribution in [0, 0.1) is 13.8 Å². The van der Waals surface area contributed by atoms with Crippen molar-refractivity contribution in [1.29, 1.82) is 0 Å². The average molecular weight is 432 g/mol. The van der Waals surface area contributed by atoms with Crippen LogP contribution < -0.4 is 10.1 Å². The number of carbonyl (C=O) groups excluding carboxylic acids is 2. The lowest BCUT2D eigenvalue weighted by Crippen LogP contribution is -2.58. The highest BCUT2D eigenvalue weighted by Gasteiger charge is 2.51. The van der Waals surface area contributed by atoms with Gasteiger partial charge in [0, 0.05) is 24.0 Å². The first-order valence-electron chi connectivity index (χ1n) is 11.3. The minimum atomic E-state index is -0.435. The standard InChI is InChI=1S/C26H29N3O3/c1-16-17(2)27-23-20(16)6-4-7-21(23)25(31)29-15-5-13-26(14-12-22(30)28-26)24(29)18-8-10-19(32-3)11-9-18/h4,6-11,24,27H,5,12-15H2,1-3H3,(H,28,30)/t24-,26+/m1/s1. The minimum Gasteiger partial charge on any atom is -0.497 e. The minimum absolute atomic E-state index is 0.00195. The molecule has 6 nitrogen and oxygen atoms in total. The second kappa shape index (κ2) is 7.69. The van der Waals surface area contributed by atoms with E-state index in [1.54, 1.807) is 7.11 Å². The average Bonchev–Trinajstić information content (AvgIpc) is 3.32. The summed E-state index contributed by atoms with van der Waals surface area (Å²) in [5.41, 5.74) is 4.39. The van der Waals surface area contributed by atoms with Gasteiger partial charge in [-0.05, 0) is 62.4 Å². The van der Waals surface area contributed by atoms with E-state index in [0.29, 0.717) is 18.5 Å². The number of hydrogen-bond donors (Lipinski definition) is 2. The smallest absolute Gasteiger partial charge is 0.256 e. The van der Waals surface area contributed by atoms with Crippen molar-refractivity contribution in [3.63, 3.8) is 0 Å². The molecule has 6 heteroatoms. The lowest BCUT2D eigenvalue weighted by molar-refractivity contribution is -0.120. The molecule has 0 unspecified atom stereocenters. The Balaban J connectivity index is 1.61. The van der Waals surface area contributed by atoms with Crippen molar-refractivity contribution in [1.82, 2.24) is 15.2 Å². The van der Waals surface area contributed by atoms with Crippen molar-refractivity contribution < 1.29 is 14.3 Å². The van der Waals surface area contributed by atoms with E-state index in [9.17, 15) is 9.59 Å². The number of rotatable bonds is 3. The molecule has 2 aliphatic rings. The number of aromatic nitrogens is 1. The molecule has 2 amide bonds. The molecule has 3 heterocycles. The SMILES string of the molecule is COc1ccc([C@H]2N(C(=O)c3cccc4c(C)c(C)[nH]c34)CCC[C@]23CCC(=O)N3)cc1. The van der Waals surface area contributed by atoms with Crippen LogP contribution in [0.25, 0.3) is 10.9 Å². The Morgan fingerprint density at radius 2 is 1.91 bits per heavy atom. The van der Waals surface area contributed by atoms with Gasteiger partial charge in [0.15, 0.2) is 0 Å². The predicted octanol–water partition coefficient (Wildman–Crippen LogP) is 4.42. The van der Waals surface area contributed by atoms with E-state index < -0.39 is 5.54 Å². The Morgan fingerprint density at radius 3 is 2.59 bits per heavy atom. The van der Waals surface area contributed by atoms with Crippen LogP contribution in [0.5, 0.6) is 5.75 Å². The third kappa shape index (κ3) is 3.17. The summed E-state index contributed by atoms with van der Waals surface area (Å²) in [6.07, 6.45) is 2.96. The number of carbonyl (C=O) groups is 2. The van der Waals surface area contributed by atoms with Crippen LogP contribution in [0.1, 0.15) is 58.9 Å². The molecule has 2 fully saturated rings. The number of nitrogens with zero attached hydrogens (tertiary/aromatic N) is 1. The fraction of sp³-hybridized carbons (Fsp3) is 0.385. The van der Waals surface area contributed by atoms with Crippen LogP contribution in [-0.4, -0.2) is 40.9 Å². The molecular formula is C26H29N3O3. The first kappa shape index (κ1) is 20.6. The van der Waals surface area contributed by atoms with E-state index in [0.717, 1.165) is 47.2 Å². The van der Waals surface area contributed by atoms with Crippen molar-refractivity contribution in [3.8, 4) is 5.75 Å². The highest BCUT2D eigenvalue weighted by Crippen LogP contribution is 2.45. The first-order chi connectivity index (χ1) is 15.4. The zero-order valence-corrected chi connectivity index (χ0v) is 18.8. The van der Waals surface area contributed by atoms with Gasteiger partial charge in [0.2, 0.25) is 5.91 Å². The molecule has 2 saturated heterocycles. The molecule has 0 radical (unpaired) electrons. The van der Waals surface area contributed by atoms with E-state index in [-0.39, 0.29) is 17.9 Å². The van der Waals surface area contributed by atoms with Gasteiger partial charge in [-0.3, -0.25) is 9.59 Å². The number of ether oxygens (including phenoxy) is 1. The Morgan fingerprint density at radius 1 is 1.12 bits per heavy atom. The molecule has 2 aromatic carbocycles. The molecule has 1 aromatic heterocycles. The Labute approximate surface area is 187 Å². The molecule has 2 aliphatic heterocycles. The Bertz CT molecular complexity index is 1200. The molecule has 2 N–H and O–H groups in total. The van der Waals surface area contributed by atoms with Crippen molar-refractivity contribution in [2.24, 2.45) is 0 Å². The second-order valence-electron chi connectivity index (χ2n) is 9.09. The van der Waals surface area contributed by atoms with E-state index >= 15 is 0 Å². The number of hydrogen-bond acceptors (Lipinski definition) is 3. The fourth-order valence-electron chi connectivity index (χ4n) is 5.58. The summed E-state index contributed by atoms with van der Waals surface area (Å²) in [6.45, 7) is 4.77. The molecule has 0 aliphatic carbocycles. The van der Waals surface area contributed by atoms with Crippen LogP contribution in [-0.2, 0) is 4.79 Å². The number of para-hydroxylation sites is 1. The third-order valence-corrected chi connectivity index (χ3v) is 7.31. The molecule has 0 bridgehead atoms. The van der Waals surface area contributed by atoms with Crippen LogP contribution in [0.15, 0.2) is 42.5 Å². The maximum Gasteiger partial charge on any atom is 0.256 e. The molecule has 166 valence electrons. The Hall–Kier alpha value is -3.28. The summed E-state index contributed by atoms with van der Waals surface area (Å²) in [5, 5.41) is 4.34. The number of likely N-dealkylation sites (tertiary alicyclic amines) is 1. The number of benzene rings is 2. The number of aromatic amines is 1. The quantitative estimate of drug-likeness (QED) is 0.645. The first-order valence-corrected chi connectivity index (χ1v) is 11.3. The highest BCUT2D eigenvalue weighted by atomic mass is 16.5. The number of H-pyrrole nitrogens is 1. The van der Waals surface area contributed by atoms with Crippen LogP contribution in [0.3, 0.4) is 0 Å². The molecular weight excluding hydrogens is 402 g/mol. The van der Waals surface area contributed by atoms with Gasteiger partial charge >= 0.3 is 0 Å². The van der Waals surface area contributed by atoms with E-state index in [2.05, 4.69) is 23.3 Å². The number of aryl methyl sites for hydroxylation is 2. The second-order valence-corrected chi connectivity index (χ2v) is 9.09. The van der Waals surface area contributed by atoms with Crippen LogP contribution >= 0.6 is 0 Å². The van der Waals surface area contributed by atoms with Gasteiger partial charge in [-0.1, -0.05) is 24.3 Å². The largest absolute Gasteiger partial charge is 0.497 e. The van der Waals surface area contributed by atoms with Gasteiger partial charge in [-0.15, -0.1) is 0 Å². The third-order valence-electron chi connectivity index (χ3n) is 7.31. The molecule has 5 rings (SSSR count). The van der Waals surface area contributed by atoms with E-state index in [1.165, 1.54) is 5.56 Å². The van der Waals surface area contributed by atoms with Gasteiger partial charge < -0.3 is 19.9 Å². The van der Waals surface area contributed by atoms with Gasteiger partial charge in [-0.25, -0.2) is 0 Å². The maximum atomic E-state index is 14.0. The molecule has 3 aromatic rings. The van der Waals surface area contributed by atoms with Gasteiger partial charge in [0.1, 0.15) is 5.75 Å². The number of amides is 2. The monoisotopic (exact) mass is 431 g/mol. The van der Waals surface area contributed by atoms with Crippen molar-refractivity contribution in [2.75, 3.05) is 13.7 Å². The predicted molar refractivity (Wildman–Crippen MR) is 124 cm³/mol. The summed E-state index contributed by atoms with van der Waals surface area (Å²) in [4.78, 5) is 31.7. The van der Waals surface area contributed by atoms with E-state index in [1.807, 2.05) is 48.2 Å². The summed E-state index contributed by atoms with van der Waals surface area (Å²) in [7, 11) is 1.64. The lowest BCUT2D eigenvalue weighted by atomic mass is 9.76. The van der Waals surface area contributed by atoms with Crippen molar-refractivity contribution in [2.45, 2.75) is 51.1 Å². The lowest BCUT2D eigenvalue weighted by Gasteiger charge is -2.48. The molecule has 0 saturated carbocycles. The summed E-state index contributed by atoms with van der Waals surface area (Å²) >= 11 is 0. The number of nitrogens with one attached hydrogen (secondary N) is 2. The number of piperidine rings is 1. The van der Waals surface area contributed by atoms with Crippen molar-refractivity contribution in [3.05, 3.63) is 64.8 Å². The Kier molecular flexibility index (Phi) is 4.96.